The number of halogens is 2. The van der Waals surface area contributed by atoms with Crippen LogP contribution >= 0.6 is 0 Å². The van der Waals surface area contributed by atoms with Crippen LogP contribution in [0.4, 0.5) is 8.78 Å². The molecule has 0 aromatic heterocycles. The third-order valence-electron chi connectivity index (χ3n) is 3.68. The van der Waals surface area contributed by atoms with Gasteiger partial charge in [-0.2, -0.15) is 8.78 Å². The smallest absolute Gasteiger partial charge is 0.387 e. The molecule has 0 saturated carbocycles. The summed E-state index contributed by atoms with van der Waals surface area (Å²) in [6.45, 7) is 0.856. The molecule has 0 aliphatic heterocycles. The molecule has 0 fully saturated rings. The summed E-state index contributed by atoms with van der Waals surface area (Å²) in [4.78, 5) is 23.8. The maximum absolute atomic E-state index is 12.1. The predicted octanol–water partition coefficient (Wildman–Crippen LogP) is 3.42. The zero-order chi connectivity index (χ0) is 19.8. The number of carbonyl (C=O) groups is 2. The van der Waals surface area contributed by atoms with Gasteiger partial charge in [-0.05, 0) is 50.1 Å². The number of alkyl halides is 2. The summed E-state index contributed by atoms with van der Waals surface area (Å²) < 4.78 is 33.5. The van der Waals surface area contributed by atoms with Gasteiger partial charge in [0.05, 0.1) is 5.56 Å². The highest BCUT2D eigenvalue weighted by Crippen LogP contribution is 2.15. The summed E-state index contributed by atoms with van der Waals surface area (Å²) in [6.07, 6.45) is 0.506. The van der Waals surface area contributed by atoms with E-state index >= 15 is 0 Å². The summed E-state index contributed by atoms with van der Waals surface area (Å²) in [6, 6.07) is 11.5. The minimum atomic E-state index is -2.86. The Balaban J connectivity index is 1.72. The van der Waals surface area contributed by atoms with Crippen LogP contribution in [0.2, 0.25) is 0 Å². The SMILES string of the molecule is Cc1cc(C)cc(C(=O)OCC(=O)NCCc2ccc(OC(F)F)cc2)c1. The molecule has 1 N–H and O–H groups in total. The van der Waals surface area contributed by atoms with Gasteiger partial charge in [0, 0.05) is 6.54 Å². The van der Waals surface area contributed by atoms with Crippen molar-refractivity contribution >= 4 is 11.9 Å². The lowest BCUT2D eigenvalue weighted by Crippen LogP contribution is -2.30. The van der Waals surface area contributed by atoms with Crippen LogP contribution in [0, 0.1) is 13.8 Å². The normalized spacial score (nSPS) is 10.6. The second-order valence-corrected chi connectivity index (χ2v) is 6.07. The van der Waals surface area contributed by atoms with Crippen LogP contribution in [0.15, 0.2) is 42.5 Å². The molecule has 144 valence electrons. The van der Waals surface area contributed by atoms with Crippen LogP contribution in [0.25, 0.3) is 0 Å². The Kier molecular flexibility index (Phi) is 7.28. The Morgan fingerprint density at radius 3 is 2.26 bits per heavy atom. The number of aryl methyl sites for hydroxylation is 2. The fourth-order valence-electron chi connectivity index (χ4n) is 2.54. The zero-order valence-corrected chi connectivity index (χ0v) is 15.1. The van der Waals surface area contributed by atoms with E-state index in [1.807, 2.05) is 19.9 Å². The lowest BCUT2D eigenvalue weighted by molar-refractivity contribution is -0.124. The van der Waals surface area contributed by atoms with Gasteiger partial charge in [-0.3, -0.25) is 4.79 Å². The second-order valence-electron chi connectivity index (χ2n) is 6.07. The number of carbonyl (C=O) groups excluding carboxylic acids is 2. The molecule has 0 spiro atoms. The van der Waals surface area contributed by atoms with E-state index in [-0.39, 0.29) is 12.4 Å². The van der Waals surface area contributed by atoms with E-state index in [9.17, 15) is 18.4 Å². The molecule has 7 heteroatoms. The van der Waals surface area contributed by atoms with Crippen LogP contribution in [0.3, 0.4) is 0 Å². The van der Waals surface area contributed by atoms with Gasteiger partial charge < -0.3 is 14.8 Å². The monoisotopic (exact) mass is 377 g/mol. The maximum Gasteiger partial charge on any atom is 0.387 e. The topological polar surface area (TPSA) is 64.6 Å². The van der Waals surface area contributed by atoms with E-state index in [0.717, 1.165) is 16.7 Å². The first kappa shape index (κ1) is 20.4. The molecule has 1 amide bonds. The van der Waals surface area contributed by atoms with E-state index < -0.39 is 18.5 Å². The largest absolute Gasteiger partial charge is 0.452 e. The van der Waals surface area contributed by atoms with E-state index in [2.05, 4.69) is 10.1 Å². The molecular weight excluding hydrogens is 356 g/mol. The lowest BCUT2D eigenvalue weighted by atomic mass is 10.1. The Labute approximate surface area is 156 Å². The molecule has 0 bridgehead atoms. The molecule has 0 unspecified atom stereocenters. The molecule has 0 saturated heterocycles. The van der Waals surface area contributed by atoms with Gasteiger partial charge in [-0.25, -0.2) is 4.79 Å². The number of rotatable bonds is 8. The average Bonchev–Trinajstić information content (AvgIpc) is 2.60. The van der Waals surface area contributed by atoms with E-state index in [1.54, 1.807) is 24.3 Å². The van der Waals surface area contributed by atoms with Gasteiger partial charge in [0.2, 0.25) is 0 Å². The van der Waals surface area contributed by atoms with Crippen molar-refractivity contribution in [2.45, 2.75) is 26.9 Å². The van der Waals surface area contributed by atoms with Gasteiger partial charge in [-0.1, -0.05) is 29.3 Å². The molecule has 2 rings (SSSR count). The first-order valence-corrected chi connectivity index (χ1v) is 8.39. The van der Waals surface area contributed by atoms with Crippen molar-refractivity contribution in [3.8, 4) is 5.75 Å². The number of hydrogen-bond acceptors (Lipinski definition) is 4. The third kappa shape index (κ3) is 7.05. The summed E-state index contributed by atoms with van der Waals surface area (Å²) in [5.41, 5.74) is 3.14. The highest BCUT2D eigenvalue weighted by Gasteiger charge is 2.11. The summed E-state index contributed by atoms with van der Waals surface area (Å²) >= 11 is 0. The molecule has 0 atom stereocenters. The van der Waals surface area contributed by atoms with Gasteiger partial charge in [0.25, 0.3) is 5.91 Å². The predicted molar refractivity (Wildman–Crippen MR) is 96.0 cm³/mol. The van der Waals surface area contributed by atoms with Gasteiger partial charge >= 0.3 is 12.6 Å². The van der Waals surface area contributed by atoms with Gasteiger partial charge in [0.15, 0.2) is 6.61 Å². The van der Waals surface area contributed by atoms with Crippen LogP contribution in [0.1, 0.15) is 27.0 Å². The van der Waals surface area contributed by atoms with Crippen molar-refractivity contribution in [2.75, 3.05) is 13.2 Å². The average molecular weight is 377 g/mol. The minimum absolute atomic E-state index is 0.0797. The molecular formula is C20H21F2NO4. The summed E-state index contributed by atoms with van der Waals surface area (Å²) in [5, 5.41) is 2.64. The Bertz CT molecular complexity index is 771. The standard InChI is InChI=1S/C20H21F2NO4/c1-13-9-14(2)11-16(10-13)19(25)26-12-18(24)23-8-7-15-3-5-17(6-4-15)27-20(21)22/h3-6,9-11,20H,7-8,12H2,1-2H3,(H,23,24). The molecule has 0 radical (unpaired) electrons. The van der Waals surface area contributed by atoms with E-state index in [0.29, 0.717) is 18.5 Å². The summed E-state index contributed by atoms with van der Waals surface area (Å²) in [5.74, 6) is -0.881. The van der Waals surface area contributed by atoms with Gasteiger partial charge in [0.1, 0.15) is 5.75 Å². The first-order chi connectivity index (χ1) is 12.8. The summed E-state index contributed by atoms with van der Waals surface area (Å²) in [7, 11) is 0. The van der Waals surface area contributed by atoms with Crippen molar-refractivity contribution in [1.82, 2.24) is 5.32 Å². The van der Waals surface area contributed by atoms with Crippen LogP contribution < -0.4 is 10.1 Å². The van der Waals surface area contributed by atoms with Crippen molar-refractivity contribution < 1.29 is 27.8 Å². The quantitative estimate of drug-likeness (QED) is 0.716. The van der Waals surface area contributed by atoms with Crippen molar-refractivity contribution in [3.05, 3.63) is 64.7 Å². The van der Waals surface area contributed by atoms with E-state index in [4.69, 9.17) is 4.74 Å². The minimum Gasteiger partial charge on any atom is -0.452 e. The fourth-order valence-corrected chi connectivity index (χ4v) is 2.54. The number of esters is 1. The maximum atomic E-state index is 12.1. The molecule has 2 aromatic rings. The molecule has 0 heterocycles. The van der Waals surface area contributed by atoms with Crippen molar-refractivity contribution in [3.63, 3.8) is 0 Å². The molecule has 2 aromatic carbocycles. The molecule has 5 nitrogen and oxygen atoms in total. The second kappa shape index (κ2) is 9.66. The third-order valence-corrected chi connectivity index (χ3v) is 3.68. The first-order valence-electron chi connectivity index (χ1n) is 8.39. The lowest BCUT2D eigenvalue weighted by Gasteiger charge is -2.08. The van der Waals surface area contributed by atoms with Crippen LogP contribution in [0.5, 0.6) is 5.75 Å². The number of benzene rings is 2. The van der Waals surface area contributed by atoms with Crippen molar-refractivity contribution in [2.24, 2.45) is 0 Å². The zero-order valence-electron chi connectivity index (χ0n) is 15.1. The Morgan fingerprint density at radius 2 is 1.67 bits per heavy atom. The number of amides is 1. The van der Waals surface area contributed by atoms with Crippen LogP contribution in [-0.2, 0) is 16.0 Å². The van der Waals surface area contributed by atoms with Gasteiger partial charge in [-0.15, -0.1) is 0 Å². The molecule has 0 aliphatic rings. The van der Waals surface area contributed by atoms with E-state index in [1.165, 1.54) is 12.1 Å². The van der Waals surface area contributed by atoms with Crippen LogP contribution in [-0.4, -0.2) is 31.6 Å². The highest BCUT2D eigenvalue weighted by atomic mass is 19.3. The Morgan fingerprint density at radius 1 is 1.04 bits per heavy atom. The number of ether oxygens (including phenoxy) is 2. The van der Waals surface area contributed by atoms with Crippen molar-refractivity contribution in [1.29, 1.82) is 0 Å². The number of hydrogen-bond donors (Lipinski definition) is 1. The highest BCUT2D eigenvalue weighted by molar-refractivity contribution is 5.91. The molecule has 27 heavy (non-hydrogen) atoms. The fraction of sp³-hybridized carbons (Fsp3) is 0.300. The molecule has 0 aliphatic carbocycles. The number of nitrogens with one attached hydrogen (secondary N) is 1. The Hall–Kier alpha value is -2.96.